The van der Waals surface area contributed by atoms with Crippen LogP contribution in [0.2, 0.25) is 0 Å². The van der Waals surface area contributed by atoms with Gasteiger partial charge in [0.1, 0.15) is 11.3 Å². The quantitative estimate of drug-likeness (QED) is 0.351. The van der Waals surface area contributed by atoms with Crippen LogP contribution in [-0.4, -0.2) is 28.8 Å². The van der Waals surface area contributed by atoms with Crippen LogP contribution in [0.4, 0.5) is 0 Å². The van der Waals surface area contributed by atoms with E-state index in [0.717, 1.165) is 28.2 Å². The van der Waals surface area contributed by atoms with Crippen molar-refractivity contribution in [3.8, 4) is 5.75 Å². The number of alkyl halides is 1. The number of hydrogen-bond donors (Lipinski definition) is 1. The summed E-state index contributed by atoms with van der Waals surface area (Å²) in [6, 6.07) is 13.2. The highest BCUT2D eigenvalue weighted by molar-refractivity contribution is 9.09. The minimum atomic E-state index is -0.446. The highest BCUT2D eigenvalue weighted by atomic mass is 79.9. The first-order valence-electron chi connectivity index (χ1n) is 9.42. The number of rotatable bonds is 5. The zero-order valence-corrected chi connectivity index (χ0v) is 17.7. The molecule has 0 atom stereocenters. The monoisotopic (exact) mass is 464 g/mol. The number of aryl methyl sites for hydroxylation is 1. The van der Waals surface area contributed by atoms with E-state index in [0.29, 0.717) is 33.6 Å². The number of para-hydroxylation sites is 1. The van der Waals surface area contributed by atoms with E-state index in [4.69, 9.17) is 9.15 Å². The number of carbonyl (C=O) groups excluding carboxylic acids is 2. The first kappa shape index (κ1) is 18.7. The largest absolute Gasteiger partial charge is 0.497 e. The van der Waals surface area contributed by atoms with Crippen molar-refractivity contribution < 1.29 is 18.7 Å². The molecule has 1 aliphatic rings. The third-order valence-electron chi connectivity index (χ3n) is 5.34. The summed E-state index contributed by atoms with van der Waals surface area (Å²) in [7, 11) is 1.56. The fraction of sp³-hybridized carbons (Fsp3) is 0.130. The van der Waals surface area contributed by atoms with Gasteiger partial charge in [-0.2, -0.15) is 0 Å². The number of benzene rings is 2. The lowest BCUT2D eigenvalue weighted by Crippen LogP contribution is -2.22. The number of ether oxygens (including phenoxy) is 1. The van der Waals surface area contributed by atoms with Crippen molar-refractivity contribution in [1.82, 2.24) is 9.88 Å². The van der Waals surface area contributed by atoms with Crippen molar-refractivity contribution in [3.05, 3.63) is 66.1 Å². The molecule has 2 amide bonds. The maximum Gasteiger partial charge on any atom is 0.259 e. The van der Waals surface area contributed by atoms with Gasteiger partial charge in [0, 0.05) is 45.5 Å². The number of methoxy groups -OCH3 is 1. The second kappa shape index (κ2) is 7.18. The Labute approximate surface area is 180 Å². The van der Waals surface area contributed by atoms with E-state index < -0.39 is 11.8 Å². The lowest BCUT2D eigenvalue weighted by Gasteiger charge is -2.08. The summed E-state index contributed by atoms with van der Waals surface area (Å²) >= 11 is 3.48. The maximum atomic E-state index is 12.9. The van der Waals surface area contributed by atoms with Crippen molar-refractivity contribution in [1.29, 1.82) is 0 Å². The Balaban J connectivity index is 1.85. The number of amides is 2. The summed E-state index contributed by atoms with van der Waals surface area (Å²) in [5.41, 5.74) is 3.42. The molecule has 6 nitrogen and oxygen atoms in total. The average Bonchev–Trinajstić information content (AvgIpc) is 3.43. The SMILES string of the molecule is COc1cc(C2=C(c3cn(CCBr)c4ccccc34)C(=O)NC2=O)c2occc2c1. The van der Waals surface area contributed by atoms with E-state index in [9.17, 15) is 9.59 Å². The molecule has 2 aromatic carbocycles. The molecule has 0 saturated carbocycles. The second-order valence-electron chi connectivity index (χ2n) is 6.99. The summed E-state index contributed by atoms with van der Waals surface area (Å²) in [6.45, 7) is 0.736. The van der Waals surface area contributed by atoms with Crippen molar-refractivity contribution in [2.45, 2.75) is 6.54 Å². The molecule has 0 aliphatic carbocycles. The molecular formula is C23H17BrN2O4. The molecule has 3 heterocycles. The van der Waals surface area contributed by atoms with Crippen LogP contribution in [0, 0.1) is 0 Å². The highest BCUT2D eigenvalue weighted by Gasteiger charge is 2.35. The van der Waals surface area contributed by atoms with E-state index in [1.165, 1.54) is 0 Å². The average molecular weight is 465 g/mol. The molecule has 1 aliphatic heterocycles. The highest BCUT2D eigenvalue weighted by Crippen LogP contribution is 2.40. The molecule has 30 heavy (non-hydrogen) atoms. The van der Waals surface area contributed by atoms with Gasteiger partial charge >= 0.3 is 0 Å². The van der Waals surface area contributed by atoms with Crippen LogP contribution < -0.4 is 10.1 Å². The van der Waals surface area contributed by atoms with Gasteiger partial charge in [0.15, 0.2) is 0 Å². The molecule has 0 fully saturated rings. The van der Waals surface area contributed by atoms with Crippen molar-refractivity contribution in [2.75, 3.05) is 12.4 Å². The van der Waals surface area contributed by atoms with Crippen LogP contribution >= 0.6 is 15.9 Å². The number of imide groups is 1. The Bertz CT molecular complexity index is 1360. The molecule has 0 spiro atoms. The number of halogens is 1. The Hall–Kier alpha value is -3.32. The van der Waals surface area contributed by atoms with Gasteiger partial charge < -0.3 is 13.7 Å². The van der Waals surface area contributed by atoms with Gasteiger partial charge in [0.05, 0.1) is 24.5 Å². The fourth-order valence-electron chi connectivity index (χ4n) is 4.05. The van der Waals surface area contributed by atoms with E-state index in [2.05, 4.69) is 25.8 Å². The minimum Gasteiger partial charge on any atom is -0.497 e. The van der Waals surface area contributed by atoms with Crippen molar-refractivity contribution in [3.63, 3.8) is 0 Å². The first-order chi connectivity index (χ1) is 14.6. The van der Waals surface area contributed by atoms with E-state index in [-0.39, 0.29) is 0 Å². The molecule has 2 aromatic heterocycles. The van der Waals surface area contributed by atoms with Gasteiger partial charge in [-0.3, -0.25) is 14.9 Å². The Morgan fingerprint density at radius 1 is 1.07 bits per heavy atom. The van der Waals surface area contributed by atoms with Gasteiger partial charge in [0.2, 0.25) is 0 Å². The Morgan fingerprint density at radius 2 is 1.83 bits per heavy atom. The van der Waals surface area contributed by atoms with Gasteiger partial charge in [-0.25, -0.2) is 0 Å². The predicted octanol–water partition coefficient (Wildman–Crippen LogP) is 4.36. The predicted molar refractivity (Wildman–Crippen MR) is 118 cm³/mol. The van der Waals surface area contributed by atoms with E-state index in [1.54, 1.807) is 25.5 Å². The molecule has 5 rings (SSSR count). The summed E-state index contributed by atoms with van der Waals surface area (Å²) in [5.74, 6) is -0.280. The standard InChI is InChI=1S/C23H17BrN2O4/c1-29-14-10-13-6-9-30-21(13)16(11-14)19-20(23(28)25-22(19)27)17-12-26(8-7-24)18-5-3-2-4-15(17)18/h2-6,9-12H,7-8H2,1H3,(H,25,27,28). The van der Waals surface area contributed by atoms with Gasteiger partial charge in [-0.1, -0.05) is 34.1 Å². The maximum absolute atomic E-state index is 12.9. The molecule has 0 saturated heterocycles. The van der Waals surface area contributed by atoms with Crippen molar-refractivity contribution in [2.24, 2.45) is 0 Å². The smallest absolute Gasteiger partial charge is 0.259 e. The summed E-state index contributed by atoms with van der Waals surface area (Å²) in [4.78, 5) is 25.9. The van der Waals surface area contributed by atoms with Crippen LogP contribution in [0.3, 0.4) is 0 Å². The topological polar surface area (TPSA) is 73.5 Å². The van der Waals surface area contributed by atoms with Crippen LogP contribution in [0.15, 0.2) is 59.3 Å². The lowest BCUT2D eigenvalue weighted by atomic mass is 9.95. The Kier molecular flexibility index (Phi) is 4.47. The number of hydrogen-bond acceptors (Lipinski definition) is 4. The van der Waals surface area contributed by atoms with E-state index in [1.807, 2.05) is 36.5 Å². The normalized spacial score (nSPS) is 14.2. The first-order valence-corrected chi connectivity index (χ1v) is 10.5. The number of fused-ring (bicyclic) bond motifs is 2. The summed E-state index contributed by atoms with van der Waals surface area (Å²) in [5, 5.41) is 4.94. The molecule has 0 bridgehead atoms. The lowest BCUT2D eigenvalue weighted by molar-refractivity contribution is -0.122. The van der Waals surface area contributed by atoms with Gasteiger partial charge in [-0.05, 0) is 24.3 Å². The number of carbonyl (C=O) groups is 2. The number of furan rings is 1. The van der Waals surface area contributed by atoms with Crippen molar-refractivity contribution >= 4 is 60.8 Å². The van der Waals surface area contributed by atoms with Crippen LogP contribution in [0.5, 0.6) is 5.75 Å². The second-order valence-corrected chi connectivity index (χ2v) is 7.78. The van der Waals surface area contributed by atoms with Crippen LogP contribution in [0.1, 0.15) is 11.1 Å². The van der Waals surface area contributed by atoms with Gasteiger partial charge in [0.25, 0.3) is 11.8 Å². The Morgan fingerprint density at radius 3 is 2.60 bits per heavy atom. The zero-order valence-electron chi connectivity index (χ0n) is 16.1. The van der Waals surface area contributed by atoms with E-state index >= 15 is 0 Å². The van der Waals surface area contributed by atoms with Crippen LogP contribution in [0.25, 0.3) is 33.0 Å². The summed E-state index contributed by atoms with van der Waals surface area (Å²) < 4.78 is 13.2. The van der Waals surface area contributed by atoms with Crippen LogP contribution in [-0.2, 0) is 16.1 Å². The zero-order chi connectivity index (χ0) is 20.8. The molecule has 1 N–H and O–H groups in total. The number of nitrogens with zero attached hydrogens (tertiary/aromatic N) is 1. The minimum absolute atomic E-state index is 0.292. The summed E-state index contributed by atoms with van der Waals surface area (Å²) in [6.07, 6.45) is 3.49. The molecular weight excluding hydrogens is 448 g/mol. The molecule has 4 aromatic rings. The third-order valence-corrected chi connectivity index (χ3v) is 5.70. The molecule has 0 unspecified atom stereocenters. The van der Waals surface area contributed by atoms with Gasteiger partial charge in [-0.15, -0.1) is 0 Å². The number of nitrogens with one attached hydrogen (secondary N) is 1. The molecule has 0 radical (unpaired) electrons. The molecule has 150 valence electrons. The molecule has 7 heteroatoms. The fourth-order valence-corrected chi connectivity index (χ4v) is 4.43. The third kappa shape index (κ3) is 2.77. The number of aromatic nitrogens is 1.